The van der Waals surface area contributed by atoms with Crippen LogP contribution in [0.2, 0.25) is 0 Å². The number of hydrogen-bond donors (Lipinski definition) is 1. The van der Waals surface area contributed by atoms with Gasteiger partial charge < -0.3 is 10.1 Å². The Balaban J connectivity index is 1.70. The fourth-order valence-corrected chi connectivity index (χ4v) is 2.85. The quantitative estimate of drug-likeness (QED) is 0.836. The van der Waals surface area contributed by atoms with Gasteiger partial charge in [-0.3, -0.25) is 14.5 Å². The van der Waals surface area contributed by atoms with E-state index in [1.54, 1.807) is 12.3 Å². The number of ether oxygens (including phenoxy) is 1. The molecule has 7 nitrogen and oxygen atoms in total. The van der Waals surface area contributed by atoms with Crippen LogP contribution in [0.25, 0.3) is 11.0 Å². The molecule has 0 radical (unpaired) electrons. The Bertz CT molecular complexity index is 749. The van der Waals surface area contributed by atoms with E-state index in [1.165, 1.54) is 7.11 Å². The first-order chi connectivity index (χ1) is 11.1. The molecule has 0 spiro atoms. The van der Waals surface area contributed by atoms with Crippen molar-refractivity contribution in [2.75, 3.05) is 20.7 Å². The number of nitrogens with zero attached hydrogens (tertiary/aromatic N) is 3. The number of carbonyl (C=O) groups excluding carboxylic acids is 2. The van der Waals surface area contributed by atoms with Crippen LogP contribution in [-0.4, -0.2) is 59.5 Å². The number of nitrogens with one attached hydrogen (secondary N) is 1. The maximum Gasteiger partial charge on any atom is 0.323 e. The standard InChI is InChI=1S/C16H18N4O3/c1-20-9-11(8-13(20)16(22)23-2)18-15(21)12-6-5-10-4-3-7-17-14(10)19-12/h3-7,11,13H,8-9H2,1-2H3,(H,18,21)/t11-,13+/m1/s1. The first-order valence-electron chi connectivity index (χ1n) is 7.39. The van der Waals surface area contributed by atoms with E-state index in [2.05, 4.69) is 15.3 Å². The van der Waals surface area contributed by atoms with Crippen LogP contribution in [0.1, 0.15) is 16.9 Å². The lowest BCUT2D eigenvalue weighted by Crippen LogP contribution is -2.36. The van der Waals surface area contributed by atoms with Gasteiger partial charge in [-0.25, -0.2) is 9.97 Å². The summed E-state index contributed by atoms with van der Waals surface area (Å²) in [7, 11) is 3.21. The highest BCUT2D eigenvalue weighted by Gasteiger charge is 2.36. The summed E-state index contributed by atoms with van der Waals surface area (Å²) in [5, 5.41) is 3.81. The first kappa shape index (κ1) is 15.4. The molecule has 0 aromatic carbocycles. The minimum Gasteiger partial charge on any atom is -0.468 e. The third-order valence-electron chi connectivity index (χ3n) is 4.05. The molecule has 1 aliphatic heterocycles. The minimum absolute atomic E-state index is 0.113. The molecule has 23 heavy (non-hydrogen) atoms. The van der Waals surface area contributed by atoms with Crippen LogP contribution >= 0.6 is 0 Å². The number of fused-ring (bicyclic) bond motifs is 1. The Morgan fingerprint density at radius 2 is 2.17 bits per heavy atom. The Morgan fingerprint density at radius 3 is 2.96 bits per heavy atom. The Morgan fingerprint density at radius 1 is 1.35 bits per heavy atom. The van der Waals surface area contributed by atoms with Gasteiger partial charge in [0.05, 0.1) is 7.11 Å². The van der Waals surface area contributed by atoms with Crippen molar-refractivity contribution in [2.24, 2.45) is 0 Å². The molecule has 3 rings (SSSR count). The molecule has 0 unspecified atom stereocenters. The molecule has 2 aromatic rings. The predicted octanol–water partition coefficient (Wildman–Crippen LogP) is 0.605. The topological polar surface area (TPSA) is 84.4 Å². The highest BCUT2D eigenvalue weighted by atomic mass is 16.5. The number of amides is 1. The summed E-state index contributed by atoms with van der Waals surface area (Å²) >= 11 is 0. The summed E-state index contributed by atoms with van der Waals surface area (Å²) in [5.74, 6) is -0.543. The highest BCUT2D eigenvalue weighted by molar-refractivity contribution is 5.94. The van der Waals surface area contributed by atoms with Crippen LogP contribution < -0.4 is 5.32 Å². The van der Waals surface area contributed by atoms with Gasteiger partial charge in [0, 0.05) is 24.2 Å². The van der Waals surface area contributed by atoms with E-state index in [4.69, 9.17) is 4.74 Å². The summed E-state index contributed by atoms with van der Waals surface area (Å²) in [5.41, 5.74) is 0.858. The molecule has 120 valence electrons. The Labute approximate surface area is 133 Å². The van der Waals surface area contributed by atoms with Crippen molar-refractivity contribution < 1.29 is 14.3 Å². The molecule has 3 heterocycles. The van der Waals surface area contributed by atoms with Crippen molar-refractivity contribution >= 4 is 22.9 Å². The number of carbonyl (C=O) groups is 2. The highest BCUT2D eigenvalue weighted by Crippen LogP contribution is 2.17. The van der Waals surface area contributed by atoms with Crippen molar-refractivity contribution in [1.29, 1.82) is 0 Å². The largest absolute Gasteiger partial charge is 0.468 e. The van der Waals surface area contributed by atoms with E-state index in [-0.39, 0.29) is 24.0 Å². The summed E-state index contributed by atoms with van der Waals surface area (Å²) in [6, 6.07) is 6.78. The second kappa shape index (κ2) is 6.29. The maximum atomic E-state index is 12.4. The molecule has 2 atom stereocenters. The molecule has 0 aliphatic carbocycles. The van der Waals surface area contributed by atoms with E-state index in [9.17, 15) is 9.59 Å². The van der Waals surface area contributed by atoms with E-state index in [1.807, 2.05) is 30.1 Å². The van der Waals surface area contributed by atoms with Gasteiger partial charge >= 0.3 is 5.97 Å². The normalized spacial score (nSPS) is 21.3. The van der Waals surface area contributed by atoms with Crippen LogP contribution in [0.15, 0.2) is 30.5 Å². The van der Waals surface area contributed by atoms with E-state index in [0.717, 1.165) is 5.39 Å². The third kappa shape index (κ3) is 3.14. The van der Waals surface area contributed by atoms with Gasteiger partial charge in [-0.2, -0.15) is 0 Å². The SMILES string of the molecule is COC(=O)[C@@H]1C[C@@H](NC(=O)c2ccc3cccnc3n2)CN1C. The van der Waals surface area contributed by atoms with Crippen LogP contribution in [0.3, 0.4) is 0 Å². The van der Waals surface area contributed by atoms with Gasteiger partial charge in [0.25, 0.3) is 5.91 Å². The average Bonchev–Trinajstić information content (AvgIpc) is 2.94. The second-order valence-electron chi connectivity index (χ2n) is 5.63. The fourth-order valence-electron chi connectivity index (χ4n) is 2.85. The fraction of sp³-hybridized carbons (Fsp3) is 0.375. The molecule has 1 amide bonds. The number of rotatable bonds is 3. The molecular formula is C16H18N4O3. The van der Waals surface area contributed by atoms with Crippen molar-refractivity contribution in [3.05, 3.63) is 36.2 Å². The van der Waals surface area contributed by atoms with Gasteiger partial charge in [-0.15, -0.1) is 0 Å². The van der Waals surface area contributed by atoms with Gasteiger partial charge in [-0.1, -0.05) is 0 Å². The number of hydrogen-bond acceptors (Lipinski definition) is 6. The zero-order valence-electron chi connectivity index (χ0n) is 13.0. The minimum atomic E-state index is -0.323. The molecule has 1 fully saturated rings. The van der Waals surface area contributed by atoms with Crippen LogP contribution in [0.4, 0.5) is 0 Å². The lowest BCUT2D eigenvalue weighted by atomic mass is 10.1. The van der Waals surface area contributed by atoms with Gasteiger partial charge in [0.1, 0.15) is 11.7 Å². The van der Waals surface area contributed by atoms with Crippen LogP contribution in [0, 0.1) is 0 Å². The number of likely N-dealkylation sites (N-methyl/N-ethyl adjacent to an activating group) is 1. The molecule has 0 bridgehead atoms. The monoisotopic (exact) mass is 314 g/mol. The van der Waals surface area contributed by atoms with Crippen LogP contribution in [0.5, 0.6) is 0 Å². The van der Waals surface area contributed by atoms with Gasteiger partial charge in [-0.05, 0) is 37.7 Å². The van der Waals surface area contributed by atoms with E-state index >= 15 is 0 Å². The number of methoxy groups -OCH3 is 1. The zero-order valence-corrected chi connectivity index (χ0v) is 13.0. The van der Waals surface area contributed by atoms with Crippen molar-refractivity contribution in [1.82, 2.24) is 20.2 Å². The Hall–Kier alpha value is -2.54. The predicted molar refractivity (Wildman–Crippen MR) is 83.8 cm³/mol. The number of likely N-dealkylation sites (tertiary alicyclic amines) is 1. The van der Waals surface area contributed by atoms with Crippen molar-refractivity contribution in [3.8, 4) is 0 Å². The third-order valence-corrected chi connectivity index (χ3v) is 4.05. The zero-order chi connectivity index (χ0) is 16.4. The molecule has 1 N–H and O–H groups in total. The average molecular weight is 314 g/mol. The molecule has 1 saturated heterocycles. The summed E-state index contributed by atoms with van der Waals surface area (Å²) in [6.45, 7) is 0.595. The second-order valence-corrected chi connectivity index (χ2v) is 5.63. The first-order valence-corrected chi connectivity index (χ1v) is 7.39. The molecular weight excluding hydrogens is 296 g/mol. The van der Waals surface area contributed by atoms with Gasteiger partial charge in [0.2, 0.25) is 0 Å². The summed E-state index contributed by atoms with van der Waals surface area (Å²) in [4.78, 5) is 34.3. The van der Waals surface area contributed by atoms with Crippen LogP contribution in [-0.2, 0) is 9.53 Å². The molecule has 0 saturated carbocycles. The van der Waals surface area contributed by atoms with Gasteiger partial charge in [0.15, 0.2) is 5.65 Å². The van der Waals surface area contributed by atoms with Crippen molar-refractivity contribution in [3.63, 3.8) is 0 Å². The Kier molecular flexibility index (Phi) is 4.20. The van der Waals surface area contributed by atoms with E-state index in [0.29, 0.717) is 24.3 Å². The smallest absolute Gasteiger partial charge is 0.323 e. The number of pyridine rings is 2. The lowest BCUT2D eigenvalue weighted by molar-refractivity contribution is -0.145. The van der Waals surface area contributed by atoms with E-state index < -0.39 is 0 Å². The van der Waals surface area contributed by atoms with Crippen molar-refractivity contribution in [2.45, 2.75) is 18.5 Å². The summed E-state index contributed by atoms with van der Waals surface area (Å²) in [6.07, 6.45) is 2.17. The molecule has 2 aromatic heterocycles. The lowest BCUT2D eigenvalue weighted by Gasteiger charge is -2.15. The number of aromatic nitrogens is 2. The maximum absolute atomic E-state index is 12.4. The molecule has 7 heteroatoms. The molecule has 1 aliphatic rings. The summed E-state index contributed by atoms with van der Waals surface area (Å²) < 4.78 is 4.78. The number of esters is 1.